The zero-order valence-corrected chi connectivity index (χ0v) is 11.4. The van der Waals surface area contributed by atoms with Crippen LogP contribution in [0.3, 0.4) is 0 Å². The van der Waals surface area contributed by atoms with E-state index in [9.17, 15) is 4.79 Å². The van der Waals surface area contributed by atoms with Crippen molar-refractivity contribution in [3.05, 3.63) is 58.1 Å². The van der Waals surface area contributed by atoms with Gasteiger partial charge >= 0.3 is 0 Å². The van der Waals surface area contributed by atoms with Gasteiger partial charge in [0.25, 0.3) is 0 Å². The second kappa shape index (κ2) is 4.84. The molecule has 0 unspecified atom stereocenters. The van der Waals surface area contributed by atoms with Gasteiger partial charge in [0.15, 0.2) is 5.78 Å². The molecule has 0 fully saturated rings. The standard InChI is InChI=1S/C13H7BrO.C2H6/c14-8-5-6-11-12(7-8)9-3-1-2-4-10(9)13(11)15;1-2/h1-7H;1-2H3. The molecule has 0 spiro atoms. The summed E-state index contributed by atoms with van der Waals surface area (Å²) in [6.07, 6.45) is 0. The minimum atomic E-state index is 0.133. The number of rotatable bonds is 0. The van der Waals surface area contributed by atoms with Crippen LogP contribution in [0, 0.1) is 0 Å². The van der Waals surface area contributed by atoms with Gasteiger partial charge in [0.05, 0.1) is 0 Å². The maximum atomic E-state index is 12.0. The molecule has 1 aliphatic carbocycles. The molecule has 86 valence electrons. The van der Waals surface area contributed by atoms with Crippen molar-refractivity contribution < 1.29 is 4.79 Å². The van der Waals surface area contributed by atoms with Gasteiger partial charge in [-0.25, -0.2) is 0 Å². The summed E-state index contributed by atoms with van der Waals surface area (Å²) in [7, 11) is 0. The first-order valence-electron chi connectivity index (χ1n) is 5.71. The van der Waals surface area contributed by atoms with Gasteiger partial charge in [-0.1, -0.05) is 54.0 Å². The van der Waals surface area contributed by atoms with E-state index in [0.29, 0.717) is 0 Å². The van der Waals surface area contributed by atoms with Crippen molar-refractivity contribution in [2.75, 3.05) is 0 Å². The predicted molar refractivity (Wildman–Crippen MR) is 74.4 cm³/mol. The van der Waals surface area contributed by atoms with Gasteiger partial charge in [-0.15, -0.1) is 0 Å². The molecule has 0 saturated carbocycles. The van der Waals surface area contributed by atoms with Gasteiger partial charge in [0, 0.05) is 15.6 Å². The highest BCUT2D eigenvalue weighted by Gasteiger charge is 2.25. The highest BCUT2D eigenvalue weighted by Crippen LogP contribution is 2.37. The van der Waals surface area contributed by atoms with E-state index in [2.05, 4.69) is 15.9 Å². The average molecular weight is 289 g/mol. The second-order valence-electron chi connectivity index (χ2n) is 3.56. The van der Waals surface area contributed by atoms with Crippen LogP contribution < -0.4 is 0 Å². The molecular formula is C15H13BrO. The van der Waals surface area contributed by atoms with Gasteiger partial charge < -0.3 is 0 Å². The molecule has 3 rings (SSSR count). The summed E-state index contributed by atoms with van der Waals surface area (Å²) in [5.74, 6) is 0.133. The summed E-state index contributed by atoms with van der Waals surface area (Å²) in [6, 6.07) is 13.5. The SMILES string of the molecule is CC.O=C1c2ccccc2-c2cc(Br)ccc21. The minimum absolute atomic E-state index is 0.133. The van der Waals surface area contributed by atoms with E-state index in [1.54, 1.807) is 0 Å². The number of hydrogen-bond donors (Lipinski definition) is 0. The fourth-order valence-corrected chi connectivity index (χ4v) is 2.36. The molecule has 0 amide bonds. The summed E-state index contributed by atoms with van der Waals surface area (Å²) in [5, 5.41) is 0. The summed E-state index contributed by atoms with van der Waals surface area (Å²) >= 11 is 3.43. The van der Waals surface area contributed by atoms with E-state index in [-0.39, 0.29) is 5.78 Å². The molecule has 0 aliphatic heterocycles. The van der Waals surface area contributed by atoms with Crippen LogP contribution in [0.25, 0.3) is 11.1 Å². The Morgan fingerprint density at radius 2 is 1.41 bits per heavy atom. The van der Waals surface area contributed by atoms with Gasteiger partial charge in [0.1, 0.15) is 0 Å². The van der Waals surface area contributed by atoms with Crippen molar-refractivity contribution in [2.45, 2.75) is 13.8 Å². The molecule has 0 aromatic heterocycles. The van der Waals surface area contributed by atoms with Crippen LogP contribution in [-0.2, 0) is 0 Å². The number of carbonyl (C=O) groups is 1. The number of benzene rings is 2. The Balaban J connectivity index is 0.000000514. The van der Waals surface area contributed by atoms with Crippen LogP contribution in [0.2, 0.25) is 0 Å². The number of hydrogen-bond acceptors (Lipinski definition) is 1. The summed E-state index contributed by atoms with van der Waals surface area (Å²) < 4.78 is 1.01. The van der Waals surface area contributed by atoms with Crippen molar-refractivity contribution in [3.8, 4) is 11.1 Å². The van der Waals surface area contributed by atoms with Crippen molar-refractivity contribution in [1.29, 1.82) is 0 Å². The van der Waals surface area contributed by atoms with E-state index in [1.807, 2.05) is 56.3 Å². The molecular weight excluding hydrogens is 276 g/mol. The topological polar surface area (TPSA) is 17.1 Å². The summed E-state index contributed by atoms with van der Waals surface area (Å²) in [6.45, 7) is 4.00. The molecule has 0 bridgehead atoms. The molecule has 1 nitrogen and oxygen atoms in total. The highest BCUT2D eigenvalue weighted by atomic mass is 79.9. The third-order valence-electron chi connectivity index (χ3n) is 2.69. The third-order valence-corrected chi connectivity index (χ3v) is 3.18. The van der Waals surface area contributed by atoms with Crippen LogP contribution in [0.1, 0.15) is 29.8 Å². The van der Waals surface area contributed by atoms with Crippen molar-refractivity contribution in [1.82, 2.24) is 0 Å². The molecule has 2 aromatic rings. The molecule has 1 aliphatic rings. The lowest BCUT2D eigenvalue weighted by molar-refractivity contribution is 0.104. The van der Waals surface area contributed by atoms with Gasteiger partial charge in [-0.3, -0.25) is 4.79 Å². The maximum Gasteiger partial charge on any atom is 0.194 e. The smallest absolute Gasteiger partial charge is 0.194 e. The zero-order chi connectivity index (χ0) is 12.4. The molecule has 0 heterocycles. The van der Waals surface area contributed by atoms with E-state index in [4.69, 9.17) is 0 Å². The van der Waals surface area contributed by atoms with Crippen molar-refractivity contribution >= 4 is 21.7 Å². The first-order valence-corrected chi connectivity index (χ1v) is 6.50. The Labute approximate surface area is 110 Å². The molecule has 17 heavy (non-hydrogen) atoms. The normalized spacial score (nSPS) is 11.4. The summed E-state index contributed by atoms with van der Waals surface area (Å²) in [4.78, 5) is 12.0. The van der Waals surface area contributed by atoms with Crippen LogP contribution >= 0.6 is 15.9 Å². The zero-order valence-electron chi connectivity index (χ0n) is 9.83. The Hall–Kier alpha value is -1.41. The number of carbonyl (C=O) groups excluding carboxylic acids is 1. The first-order chi connectivity index (χ1) is 8.27. The van der Waals surface area contributed by atoms with Crippen LogP contribution in [-0.4, -0.2) is 5.78 Å². The van der Waals surface area contributed by atoms with Crippen LogP contribution in [0.15, 0.2) is 46.9 Å². The second-order valence-corrected chi connectivity index (χ2v) is 4.48. The predicted octanol–water partition coefficient (Wildman–Crippen LogP) is 4.69. The highest BCUT2D eigenvalue weighted by molar-refractivity contribution is 9.10. The number of ketones is 1. The van der Waals surface area contributed by atoms with E-state index >= 15 is 0 Å². The summed E-state index contributed by atoms with van der Waals surface area (Å²) in [5.41, 5.74) is 3.69. The fourth-order valence-electron chi connectivity index (χ4n) is 2.00. The van der Waals surface area contributed by atoms with Crippen molar-refractivity contribution in [3.63, 3.8) is 0 Å². The van der Waals surface area contributed by atoms with Crippen molar-refractivity contribution in [2.24, 2.45) is 0 Å². The molecule has 0 atom stereocenters. The number of fused-ring (bicyclic) bond motifs is 3. The Morgan fingerprint density at radius 3 is 2.12 bits per heavy atom. The third kappa shape index (κ3) is 1.93. The van der Waals surface area contributed by atoms with E-state index < -0.39 is 0 Å². The molecule has 0 N–H and O–H groups in total. The van der Waals surface area contributed by atoms with Crippen LogP contribution in [0.4, 0.5) is 0 Å². The monoisotopic (exact) mass is 288 g/mol. The largest absolute Gasteiger partial charge is 0.289 e. The lowest BCUT2D eigenvalue weighted by Crippen LogP contribution is -1.93. The maximum absolute atomic E-state index is 12.0. The molecule has 0 radical (unpaired) electrons. The Kier molecular flexibility index (Phi) is 3.43. The van der Waals surface area contributed by atoms with Gasteiger partial charge in [0.2, 0.25) is 0 Å². The van der Waals surface area contributed by atoms with Gasteiger partial charge in [-0.2, -0.15) is 0 Å². The Morgan fingerprint density at radius 1 is 0.824 bits per heavy atom. The lowest BCUT2D eigenvalue weighted by atomic mass is 10.1. The van der Waals surface area contributed by atoms with Gasteiger partial charge in [-0.05, 0) is 29.3 Å². The number of halogens is 1. The molecule has 2 aromatic carbocycles. The first kappa shape index (κ1) is 12.1. The molecule has 2 heteroatoms. The molecule has 0 saturated heterocycles. The van der Waals surface area contributed by atoms with E-state index in [0.717, 1.165) is 26.7 Å². The minimum Gasteiger partial charge on any atom is -0.289 e. The van der Waals surface area contributed by atoms with Crippen LogP contribution in [0.5, 0.6) is 0 Å². The lowest BCUT2D eigenvalue weighted by Gasteiger charge is -1.99. The average Bonchev–Trinajstić information content (AvgIpc) is 2.66. The van der Waals surface area contributed by atoms with E-state index in [1.165, 1.54) is 0 Å². The fraction of sp³-hybridized carbons (Fsp3) is 0.133. The Bertz CT molecular complexity index is 573. The quantitative estimate of drug-likeness (QED) is 0.587.